The molecule has 0 bridgehead atoms. The van der Waals surface area contributed by atoms with Gasteiger partial charge < -0.3 is 10.4 Å². The first kappa shape index (κ1) is 21.7. The van der Waals surface area contributed by atoms with Gasteiger partial charge in [-0.1, -0.05) is 20.8 Å². The smallest absolute Gasteiger partial charge is 0.182 e. The van der Waals surface area contributed by atoms with Crippen LogP contribution in [0.15, 0.2) is 24.3 Å². The predicted octanol–water partition coefficient (Wildman–Crippen LogP) is 4.24. The van der Waals surface area contributed by atoms with E-state index in [1.54, 1.807) is 6.07 Å². The van der Waals surface area contributed by atoms with Crippen LogP contribution in [0, 0.1) is 11.7 Å². The quantitative estimate of drug-likeness (QED) is 0.570. The van der Waals surface area contributed by atoms with E-state index in [0.717, 1.165) is 48.8 Å². The molecule has 31 heavy (non-hydrogen) atoms. The second-order valence-corrected chi connectivity index (χ2v) is 9.57. The largest absolute Gasteiger partial charge is 0.508 e. The van der Waals surface area contributed by atoms with Crippen molar-refractivity contribution in [2.24, 2.45) is 5.92 Å². The molecular formula is C24H32FN5O. The third-order valence-electron chi connectivity index (χ3n) is 6.26. The second kappa shape index (κ2) is 8.20. The van der Waals surface area contributed by atoms with Gasteiger partial charge in [-0.2, -0.15) is 5.10 Å². The Kier molecular flexibility index (Phi) is 5.75. The van der Waals surface area contributed by atoms with Crippen LogP contribution in [0.1, 0.15) is 45.9 Å². The number of rotatable bonds is 5. The van der Waals surface area contributed by atoms with Gasteiger partial charge in [0, 0.05) is 53.9 Å². The molecule has 2 aromatic heterocycles. The Balaban J connectivity index is 1.82. The minimum absolute atomic E-state index is 0.0212. The number of nitrogens with one attached hydrogen (secondary N) is 2. The maximum Gasteiger partial charge on any atom is 0.182 e. The summed E-state index contributed by atoms with van der Waals surface area (Å²) in [7, 11) is 0. The first-order chi connectivity index (χ1) is 14.7. The molecule has 166 valence electrons. The molecular weight excluding hydrogens is 393 g/mol. The number of aryl methyl sites for hydroxylation is 1. The molecule has 0 saturated carbocycles. The Morgan fingerprint density at radius 1 is 1.29 bits per heavy atom. The predicted molar refractivity (Wildman–Crippen MR) is 121 cm³/mol. The number of halogens is 1. The maximum atomic E-state index is 14.6. The number of aromatic nitrogens is 3. The van der Waals surface area contributed by atoms with Gasteiger partial charge in [0.1, 0.15) is 11.6 Å². The van der Waals surface area contributed by atoms with Crippen LogP contribution in [-0.2, 0) is 13.0 Å². The number of benzene rings is 1. The number of hydrogen-bond donors (Lipinski definition) is 3. The van der Waals surface area contributed by atoms with Crippen LogP contribution >= 0.6 is 0 Å². The van der Waals surface area contributed by atoms with Crippen molar-refractivity contribution < 1.29 is 9.50 Å². The van der Waals surface area contributed by atoms with Crippen LogP contribution in [-0.4, -0.2) is 49.9 Å². The lowest BCUT2D eigenvalue weighted by Gasteiger charge is -2.46. The lowest BCUT2D eigenvalue weighted by Crippen LogP contribution is -2.62. The highest BCUT2D eigenvalue weighted by atomic mass is 19.1. The maximum absolute atomic E-state index is 14.6. The van der Waals surface area contributed by atoms with Gasteiger partial charge in [-0.05, 0) is 49.9 Å². The van der Waals surface area contributed by atoms with Crippen molar-refractivity contribution in [3.05, 3.63) is 41.3 Å². The van der Waals surface area contributed by atoms with Gasteiger partial charge in [0.2, 0.25) is 0 Å². The summed E-state index contributed by atoms with van der Waals surface area (Å²) in [6, 6.07) is 6.57. The van der Waals surface area contributed by atoms with E-state index in [4.69, 9.17) is 0 Å². The minimum Gasteiger partial charge on any atom is -0.508 e. The minimum atomic E-state index is -0.493. The Bertz CT molecular complexity index is 1090. The first-order valence-corrected chi connectivity index (χ1v) is 11.0. The average Bonchev–Trinajstić information content (AvgIpc) is 3.10. The molecule has 1 aromatic carbocycles. The van der Waals surface area contributed by atoms with E-state index in [1.165, 1.54) is 6.07 Å². The fourth-order valence-corrected chi connectivity index (χ4v) is 4.64. The first-order valence-electron chi connectivity index (χ1n) is 11.0. The molecule has 1 aliphatic rings. The van der Waals surface area contributed by atoms with Crippen LogP contribution in [0.3, 0.4) is 0 Å². The van der Waals surface area contributed by atoms with E-state index < -0.39 is 5.82 Å². The number of aromatic amines is 1. The Morgan fingerprint density at radius 2 is 2.06 bits per heavy atom. The van der Waals surface area contributed by atoms with E-state index in [0.29, 0.717) is 28.9 Å². The normalized spacial score (nSPS) is 19.4. The standard InChI is InChI=1S/C24H32FN5O/c1-6-19-22-15(12-30-13-24(4,5)26-11-21(30)14(2)3)9-20(27-23(22)29-28-19)17-8-7-16(31)10-18(17)25/h7-10,14,21,26,31H,6,11-13H2,1-5H3,(H,27,28,29)/t21-/m0/s1. The molecule has 7 heteroatoms. The highest BCUT2D eigenvalue weighted by molar-refractivity contribution is 5.85. The number of fused-ring (bicyclic) bond motifs is 1. The lowest BCUT2D eigenvalue weighted by atomic mass is 9.92. The number of nitrogens with zero attached hydrogens (tertiary/aromatic N) is 3. The van der Waals surface area contributed by atoms with Crippen LogP contribution in [0.5, 0.6) is 5.75 Å². The molecule has 3 N–H and O–H groups in total. The van der Waals surface area contributed by atoms with Crippen molar-refractivity contribution in [3.8, 4) is 17.0 Å². The van der Waals surface area contributed by atoms with Crippen LogP contribution < -0.4 is 5.32 Å². The average molecular weight is 426 g/mol. The van der Waals surface area contributed by atoms with Crippen molar-refractivity contribution in [1.82, 2.24) is 25.4 Å². The topological polar surface area (TPSA) is 77.1 Å². The van der Waals surface area contributed by atoms with Crippen molar-refractivity contribution in [3.63, 3.8) is 0 Å². The molecule has 1 fully saturated rings. The molecule has 6 nitrogen and oxygen atoms in total. The van der Waals surface area contributed by atoms with Gasteiger partial charge in [0.25, 0.3) is 0 Å². The molecule has 3 heterocycles. The monoisotopic (exact) mass is 425 g/mol. The van der Waals surface area contributed by atoms with Crippen molar-refractivity contribution >= 4 is 11.0 Å². The number of pyridine rings is 1. The fourth-order valence-electron chi connectivity index (χ4n) is 4.64. The summed E-state index contributed by atoms with van der Waals surface area (Å²) in [5.41, 5.74) is 3.67. The molecule has 1 atom stereocenters. The van der Waals surface area contributed by atoms with Gasteiger partial charge in [0.15, 0.2) is 5.65 Å². The molecule has 0 amide bonds. The number of piperazine rings is 1. The molecule has 4 rings (SSSR count). The summed E-state index contributed by atoms with van der Waals surface area (Å²) >= 11 is 0. The fraction of sp³-hybridized carbons (Fsp3) is 0.500. The zero-order valence-corrected chi connectivity index (χ0v) is 19.0. The summed E-state index contributed by atoms with van der Waals surface area (Å²) in [6.45, 7) is 13.7. The van der Waals surface area contributed by atoms with E-state index in [-0.39, 0.29) is 11.3 Å². The summed E-state index contributed by atoms with van der Waals surface area (Å²) in [4.78, 5) is 7.17. The van der Waals surface area contributed by atoms with Gasteiger partial charge in [0.05, 0.1) is 5.69 Å². The lowest BCUT2D eigenvalue weighted by molar-refractivity contribution is 0.0631. The number of phenolic OH excluding ortho intramolecular Hbond substituents is 1. The molecule has 0 spiro atoms. The molecule has 1 saturated heterocycles. The molecule has 3 aromatic rings. The Hall–Kier alpha value is -2.51. The van der Waals surface area contributed by atoms with Crippen LogP contribution in [0.2, 0.25) is 0 Å². The summed E-state index contributed by atoms with van der Waals surface area (Å²) < 4.78 is 14.6. The van der Waals surface area contributed by atoms with E-state index in [1.807, 2.05) is 6.07 Å². The molecule has 0 radical (unpaired) electrons. The van der Waals surface area contributed by atoms with Crippen molar-refractivity contribution in [2.45, 2.75) is 59.2 Å². The van der Waals surface area contributed by atoms with E-state index in [2.05, 4.69) is 60.0 Å². The molecule has 0 unspecified atom stereocenters. The highest BCUT2D eigenvalue weighted by Crippen LogP contribution is 2.31. The summed E-state index contributed by atoms with van der Waals surface area (Å²) in [5.74, 6) is -0.0873. The highest BCUT2D eigenvalue weighted by Gasteiger charge is 2.34. The van der Waals surface area contributed by atoms with E-state index >= 15 is 0 Å². The molecule has 1 aliphatic heterocycles. The SMILES string of the molecule is CCc1[nH]nc2nc(-c3ccc(O)cc3F)cc(CN3CC(C)(C)NC[C@H]3C(C)C)c12. The van der Waals surface area contributed by atoms with Gasteiger partial charge in [-0.3, -0.25) is 10.00 Å². The van der Waals surface area contributed by atoms with Crippen LogP contribution in [0.4, 0.5) is 4.39 Å². The van der Waals surface area contributed by atoms with Gasteiger partial charge >= 0.3 is 0 Å². The molecule has 0 aliphatic carbocycles. The third-order valence-corrected chi connectivity index (χ3v) is 6.26. The van der Waals surface area contributed by atoms with E-state index in [9.17, 15) is 9.50 Å². The number of H-pyrrole nitrogens is 1. The van der Waals surface area contributed by atoms with Crippen molar-refractivity contribution in [2.75, 3.05) is 13.1 Å². The van der Waals surface area contributed by atoms with Gasteiger partial charge in [-0.25, -0.2) is 9.37 Å². The van der Waals surface area contributed by atoms with Crippen molar-refractivity contribution in [1.29, 1.82) is 0 Å². The summed E-state index contributed by atoms with van der Waals surface area (Å²) in [5, 5.41) is 21.8. The zero-order chi connectivity index (χ0) is 22.3. The van der Waals surface area contributed by atoms with Crippen LogP contribution in [0.25, 0.3) is 22.3 Å². The van der Waals surface area contributed by atoms with Gasteiger partial charge in [-0.15, -0.1) is 0 Å². The Labute approximate surface area is 182 Å². The number of phenols is 1. The third kappa shape index (κ3) is 4.29. The zero-order valence-electron chi connectivity index (χ0n) is 19.0. The second-order valence-electron chi connectivity index (χ2n) is 9.57. The summed E-state index contributed by atoms with van der Waals surface area (Å²) in [6.07, 6.45) is 0.818. The Morgan fingerprint density at radius 3 is 2.74 bits per heavy atom. The number of aromatic hydroxyl groups is 1. The number of hydrogen-bond acceptors (Lipinski definition) is 5.